The number of rotatable bonds is 5. The molecule has 1 unspecified atom stereocenters. The zero-order valence-electron chi connectivity index (χ0n) is 10.9. The maximum atomic E-state index is 13.3. The predicted octanol–water partition coefficient (Wildman–Crippen LogP) is 1.60. The summed E-state index contributed by atoms with van der Waals surface area (Å²) >= 11 is 0. The number of imidazole rings is 1. The van der Waals surface area contributed by atoms with E-state index in [1.165, 1.54) is 37.8 Å². The van der Waals surface area contributed by atoms with Crippen molar-refractivity contribution >= 4 is 10.0 Å². The summed E-state index contributed by atoms with van der Waals surface area (Å²) in [6.45, 7) is 1.60. The SMILES string of the molecule is COc1ccc(F)cc1C(C)NS(=O)(=O)c1cnc[nH]1. The molecule has 1 aromatic heterocycles. The summed E-state index contributed by atoms with van der Waals surface area (Å²) in [6.07, 6.45) is 2.46. The Bertz CT molecular complexity index is 686. The lowest BCUT2D eigenvalue weighted by atomic mass is 10.1. The molecular weight excluding hydrogens is 285 g/mol. The number of ether oxygens (including phenoxy) is 1. The van der Waals surface area contributed by atoms with Crippen molar-refractivity contribution in [1.82, 2.24) is 14.7 Å². The second-order valence-electron chi connectivity index (χ2n) is 4.15. The molecule has 108 valence electrons. The molecule has 0 aliphatic rings. The van der Waals surface area contributed by atoms with E-state index in [1.807, 2.05) is 0 Å². The van der Waals surface area contributed by atoms with Crippen molar-refractivity contribution < 1.29 is 17.5 Å². The van der Waals surface area contributed by atoms with E-state index in [2.05, 4.69) is 14.7 Å². The molecule has 0 spiro atoms. The third-order valence-corrected chi connectivity index (χ3v) is 4.22. The molecule has 0 amide bonds. The Kier molecular flexibility index (Phi) is 4.05. The van der Waals surface area contributed by atoms with Crippen molar-refractivity contribution in [3.8, 4) is 5.75 Å². The van der Waals surface area contributed by atoms with E-state index in [1.54, 1.807) is 6.92 Å². The van der Waals surface area contributed by atoms with Crippen LogP contribution in [0, 0.1) is 5.82 Å². The number of nitrogens with zero attached hydrogens (tertiary/aromatic N) is 1. The topological polar surface area (TPSA) is 84.1 Å². The minimum atomic E-state index is -3.75. The van der Waals surface area contributed by atoms with Gasteiger partial charge < -0.3 is 9.72 Å². The van der Waals surface area contributed by atoms with Gasteiger partial charge in [0, 0.05) is 11.6 Å². The molecule has 0 saturated heterocycles. The van der Waals surface area contributed by atoms with E-state index in [0.29, 0.717) is 11.3 Å². The Morgan fingerprint density at radius 1 is 1.45 bits per heavy atom. The van der Waals surface area contributed by atoms with Gasteiger partial charge in [-0.3, -0.25) is 0 Å². The average Bonchev–Trinajstić information content (AvgIpc) is 2.92. The van der Waals surface area contributed by atoms with Gasteiger partial charge in [-0.15, -0.1) is 0 Å². The largest absolute Gasteiger partial charge is 0.496 e. The standard InChI is InChI=1S/C12H14FN3O3S/c1-8(10-5-9(13)3-4-11(10)19-2)16-20(17,18)12-6-14-7-15-12/h3-8,16H,1-2H3,(H,14,15). The first-order chi connectivity index (χ1) is 9.44. The first-order valence-electron chi connectivity index (χ1n) is 5.78. The maximum absolute atomic E-state index is 13.3. The molecule has 1 aromatic carbocycles. The maximum Gasteiger partial charge on any atom is 0.258 e. The molecule has 0 fully saturated rings. The summed E-state index contributed by atoms with van der Waals surface area (Å²) in [7, 11) is -2.31. The van der Waals surface area contributed by atoms with Crippen LogP contribution in [0.3, 0.4) is 0 Å². The molecular formula is C12H14FN3O3S. The molecule has 0 saturated carbocycles. The second-order valence-corrected chi connectivity index (χ2v) is 5.83. The molecule has 20 heavy (non-hydrogen) atoms. The van der Waals surface area contributed by atoms with E-state index in [0.717, 1.165) is 0 Å². The summed E-state index contributed by atoms with van der Waals surface area (Å²) in [5, 5.41) is -0.0558. The quantitative estimate of drug-likeness (QED) is 0.878. The van der Waals surface area contributed by atoms with E-state index in [4.69, 9.17) is 4.74 Å². The number of benzene rings is 1. The third-order valence-electron chi connectivity index (χ3n) is 2.75. The van der Waals surface area contributed by atoms with Crippen LogP contribution in [-0.4, -0.2) is 25.5 Å². The number of nitrogens with one attached hydrogen (secondary N) is 2. The van der Waals surface area contributed by atoms with Gasteiger partial charge in [-0.25, -0.2) is 22.5 Å². The molecule has 2 aromatic rings. The van der Waals surface area contributed by atoms with Gasteiger partial charge in [0.05, 0.1) is 19.6 Å². The highest BCUT2D eigenvalue weighted by Crippen LogP contribution is 2.26. The van der Waals surface area contributed by atoms with Gasteiger partial charge in [-0.1, -0.05) is 0 Å². The van der Waals surface area contributed by atoms with Crippen LogP contribution in [0.25, 0.3) is 0 Å². The van der Waals surface area contributed by atoms with Crippen LogP contribution >= 0.6 is 0 Å². The van der Waals surface area contributed by atoms with Crippen LogP contribution in [0.2, 0.25) is 0 Å². The van der Waals surface area contributed by atoms with Gasteiger partial charge in [-0.2, -0.15) is 0 Å². The fourth-order valence-corrected chi connectivity index (χ4v) is 2.92. The number of hydrogen-bond donors (Lipinski definition) is 2. The lowest BCUT2D eigenvalue weighted by Gasteiger charge is -2.16. The summed E-state index contributed by atoms with van der Waals surface area (Å²) < 4.78 is 44.9. The number of hydrogen-bond acceptors (Lipinski definition) is 4. The highest BCUT2D eigenvalue weighted by Gasteiger charge is 2.21. The van der Waals surface area contributed by atoms with Crippen molar-refractivity contribution in [2.24, 2.45) is 0 Å². The molecule has 2 N–H and O–H groups in total. The van der Waals surface area contributed by atoms with Crippen LogP contribution in [0.4, 0.5) is 4.39 Å². The van der Waals surface area contributed by atoms with Crippen LogP contribution < -0.4 is 9.46 Å². The van der Waals surface area contributed by atoms with Crippen LogP contribution in [0.1, 0.15) is 18.5 Å². The van der Waals surface area contributed by atoms with E-state index in [9.17, 15) is 12.8 Å². The number of aromatic amines is 1. The monoisotopic (exact) mass is 299 g/mol. The Morgan fingerprint density at radius 3 is 2.80 bits per heavy atom. The first-order valence-corrected chi connectivity index (χ1v) is 7.26. The van der Waals surface area contributed by atoms with Crippen LogP contribution in [0.5, 0.6) is 5.75 Å². The number of methoxy groups -OCH3 is 1. The molecule has 0 radical (unpaired) electrons. The summed E-state index contributed by atoms with van der Waals surface area (Å²) in [5.41, 5.74) is 0.413. The average molecular weight is 299 g/mol. The van der Waals surface area contributed by atoms with Gasteiger partial charge in [-0.05, 0) is 25.1 Å². The fraction of sp³-hybridized carbons (Fsp3) is 0.250. The van der Waals surface area contributed by atoms with Gasteiger partial charge in [0.15, 0.2) is 5.03 Å². The van der Waals surface area contributed by atoms with Crippen molar-refractivity contribution in [3.05, 3.63) is 42.1 Å². The molecule has 8 heteroatoms. The fourth-order valence-electron chi connectivity index (χ4n) is 1.79. The van der Waals surface area contributed by atoms with Crippen LogP contribution in [0.15, 0.2) is 35.7 Å². The highest BCUT2D eigenvalue weighted by atomic mass is 32.2. The molecule has 1 heterocycles. The minimum absolute atomic E-state index is 0.0558. The molecule has 0 aliphatic carbocycles. The summed E-state index contributed by atoms with van der Waals surface area (Å²) in [6, 6.07) is 3.28. The van der Waals surface area contributed by atoms with Crippen molar-refractivity contribution in [1.29, 1.82) is 0 Å². The van der Waals surface area contributed by atoms with Gasteiger partial charge in [0.25, 0.3) is 10.0 Å². The number of halogens is 1. The number of aromatic nitrogens is 2. The number of sulfonamides is 1. The van der Waals surface area contributed by atoms with E-state index in [-0.39, 0.29) is 5.03 Å². The van der Waals surface area contributed by atoms with Crippen molar-refractivity contribution in [2.75, 3.05) is 7.11 Å². The Morgan fingerprint density at radius 2 is 2.20 bits per heavy atom. The molecule has 2 rings (SSSR count). The Labute approximate surface area is 116 Å². The predicted molar refractivity (Wildman–Crippen MR) is 70.3 cm³/mol. The summed E-state index contributed by atoms with van der Waals surface area (Å²) in [4.78, 5) is 6.16. The molecule has 0 aliphatic heterocycles. The zero-order valence-corrected chi connectivity index (χ0v) is 11.7. The van der Waals surface area contributed by atoms with Crippen molar-refractivity contribution in [3.63, 3.8) is 0 Å². The van der Waals surface area contributed by atoms with E-state index < -0.39 is 21.9 Å². The van der Waals surface area contributed by atoms with Crippen LogP contribution in [-0.2, 0) is 10.0 Å². The molecule has 1 atom stereocenters. The zero-order chi connectivity index (χ0) is 14.8. The first kappa shape index (κ1) is 14.5. The smallest absolute Gasteiger partial charge is 0.258 e. The van der Waals surface area contributed by atoms with Gasteiger partial charge >= 0.3 is 0 Å². The Balaban J connectivity index is 2.29. The number of H-pyrrole nitrogens is 1. The lowest BCUT2D eigenvalue weighted by molar-refractivity contribution is 0.403. The lowest BCUT2D eigenvalue weighted by Crippen LogP contribution is -2.27. The highest BCUT2D eigenvalue weighted by molar-refractivity contribution is 7.89. The van der Waals surface area contributed by atoms with Crippen molar-refractivity contribution in [2.45, 2.75) is 18.0 Å². The molecule has 0 bridgehead atoms. The molecule has 6 nitrogen and oxygen atoms in total. The van der Waals surface area contributed by atoms with Gasteiger partial charge in [0.2, 0.25) is 0 Å². The van der Waals surface area contributed by atoms with E-state index >= 15 is 0 Å². The van der Waals surface area contributed by atoms with Gasteiger partial charge in [0.1, 0.15) is 11.6 Å². The summed E-state index contributed by atoms with van der Waals surface area (Å²) in [5.74, 6) is -0.0559. The third kappa shape index (κ3) is 2.97. The Hall–Kier alpha value is -1.93. The minimum Gasteiger partial charge on any atom is -0.496 e. The second kappa shape index (κ2) is 5.59. The normalized spacial score (nSPS) is 13.2.